The summed E-state index contributed by atoms with van der Waals surface area (Å²) in [6.45, 7) is 12.0. The second kappa shape index (κ2) is 7.13. The summed E-state index contributed by atoms with van der Waals surface area (Å²) in [7, 11) is 0. The van der Waals surface area contributed by atoms with Gasteiger partial charge in [-0.15, -0.1) is 0 Å². The average Bonchev–Trinajstić information content (AvgIpc) is 3.05. The van der Waals surface area contributed by atoms with E-state index in [-0.39, 0.29) is 6.09 Å². The van der Waals surface area contributed by atoms with Crippen LogP contribution in [0.5, 0.6) is 0 Å². The Kier molecular flexibility index (Phi) is 5.45. The van der Waals surface area contributed by atoms with Crippen LogP contribution in [0.2, 0.25) is 0 Å². The van der Waals surface area contributed by atoms with E-state index in [0.717, 1.165) is 39.1 Å². The van der Waals surface area contributed by atoms with Gasteiger partial charge in [0.05, 0.1) is 5.69 Å². The molecule has 1 N–H and O–H groups in total. The number of hydrogen-bond acceptors (Lipinski definition) is 4. The number of rotatable bonds is 5. The summed E-state index contributed by atoms with van der Waals surface area (Å²) in [6.07, 6.45) is 2.67. The molecule has 1 atom stereocenters. The predicted octanol–water partition coefficient (Wildman–Crippen LogP) is 2.25. The molecule has 0 saturated carbocycles. The van der Waals surface area contributed by atoms with Crippen molar-refractivity contribution in [3.63, 3.8) is 0 Å². The molecule has 1 aliphatic heterocycles. The maximum atomic E-state index is 12.0. The fourth-order valence-electron chi connectivity index (χ4n) is 2.69. The van der Waals surface area contributed by atoms with E-state index < -0.39 is 5.60 Å². The van der Waals surface area contributed by atoms with Crippen LogP contribution in [0.25, 0.3) is 0 Å². The molecular weight excluding hydrogens is 280 g/mol. The zero-order valence-corrected chi connectivity index (χ0v) is 14.1. The van der Waals surface area contributed by atoms with Gasteiger partial charge in [-0.1, -0.05) is 0 Å². The Bertz CT molecular complexity index is 493. The summed E-state index contributed by atoms with van der Waals surface area (Å²) < 4.78 is 7.41. The molecule has 1 aliphatic rings. The first-order valence-electron chi connectivity index (χ1n) is 8.08. The van der Waals surface area contributed by atoms with Gasteiger partial charge in [0.2, 0.25) is 0 Å². The number of nitrogens with zero attached hydrogens (tertiary/aromatic N) is 3. The van der Waals surface area contributed by atoms with E-state index in [1.165, 1.54) is 5.69 Å². The maximum Gasteiger partial charge on any atom is 0.410 e. The molecule has 1 unspecified atom stereocenters. The number of aromatic nitrogens is 2. The van der Waals surface area contributed by atoms with Crippen molar-refractivity contribution in [1.29, 1.82) is 0 Å². The molecule has 1 saturated heterocycles. The third-order valence-electron chi connectivity index (χ3n) is 3.78. The Hall–Kier alpha value is -1.56. The van der Waals surface area contributed by atoms with E-state index in [1.807, 2.05) is 42.6 Å². The van der Waals surface area contributed by atoms with Crippen LogP contribution in [-0.2, 0) is 17.8 Å². The molecule has 1 fully saturated rings. The van der Waals surface area contributed by atoms with Gasteiger partial charge in [0, 0.05) is 38.9 Å². The molecule has 2 heterocycles. The van der Waals surface area contributed by atoms with E-state index in [0.29, 0.717) is 5.92 Å². The average molecular weight is 308 g/mol. The van der Waals surface area contributed by atoms with Crippen molar-refractivity contribution in [1.82, 2.24) is 20.0 Å². The molecule has 0 spiro atoms. The lowest BCUT2D eigenvalue weighted by atomic mass is 10.1. The first kappa shape index (κ1) is 16.8. The molecular formula is C16H28N4O2. The Morgan fingerprint density at radius 1 is 1.50 bits per heavy atom. The second-order valence-corrected chi connectivity index (χ2v) is 6.85. The van der Waals surface area contributed by atoms with Crippen molar-refractivity contribution >= 4 is 6.09 Å². The zero-order valence-electron chi connectivity index (χ0n) is 14.1. The van der Waals surface area contributed by atoms with Gasteiger partial charge in [-0.2, -0.15) is 5.10 Å². The summed E-state index contributed by atoms with van der Waals surface area (Å²) in [5.74, 6) is 0.491. The SMILES string of the molecule is CCn1nccc1CNCC1CCN(C(=O)OC(C)(C)C)C1. The minimum absolute atomic E-state index is 0.195. The molecule has 2 rings (SSSR count). The zero-order chi connectivity index (χ0) is 16.2. The molecule has 6 heteroatoms. The Labute approximate surface area is 132 Å². The number of likely N-dealkylation sites (tertiary alicyclic amines) is 1. The van der Waals surface area contributed by atoms with Crippen LogP contribution in [-0.4, -0.2) is 46.0 Å². The molecule has 1 amide bonds. The quantitative estimate of drug-likeness (QED) is 0.906. The van der Waals surface area contributed by atoms with Crippen LogP contribution in [0.15, 0.2) is 12.3 Å². The number of carbonyl (C=O) groups excluding carboxylic acids is 1. The molecule has 0 bridgehead atoms. The van der Waals surface area contributed by atoms with Gasteiger partial charge in [0.15, 0.2) is 0 Å². The Morgan fingerprint density at radius 3 is 2.95 bits per heavy atom. The summed E-state index contributed by atoms with van der Waals surface area (Å²) in [4.78, 5) is 13.8. The summed E-state index contributed by atoms with van der Waals surface area (Å²) >= 11 is 0. The Morgan fingerprint density at radius 2 is 2.27 bits per heavy atom. The Balaban J connectivity index is 1.71. The van der Waals surface area contributed by atoms with E-state index >= 15 is 0 Å². The first-order chi connectivity index (χ1) is 10.4. The lowest BCUT2D eigenvalue weighted by Crippen LogP contribution is -2.36. The largest absolute Gasteiger partial charge is 0.444 e. The van der Waals surface area contributed by atoms with Gasteiger partial charge in [-0.05, 0) is 46.1 Å². The predicted molar refractivity (Wildman–Crippen MR) is 85.5 cm³/mol. The third-order valence-corrected chi connectivity index (χ3v) is 3.78. The number of amides is 1. The molecule has 0 aromatic carbocycles. The van der Waals surface area contributed by atoms with Gasteiger partial charge in [0.1, 0.15) is 5.60 Å². The van der Waals surface area contributed by atoms with Crippen LogP contribution in [0, 0.1) is 5.92 Å². The summed E-state index contributed by atoms with van der Waals surface area (Å²) in [5.41, 5.74) is 0.774. The van der Waals surface area contributed by atoms with Crippen molar-refractivity contribution in [2.75, 3.05) is 19.6 Å². The van der Waals surface area contributed by atoms with Crippen molar-refractivity contribution in [3.8, 4) is 0 Å². The highest BCUT2D eigenvalue weighted by Gasteiger charge is 2.29. The van der Waals surface area contributed by atoms with Crippen LogP contribution in [0.4, 0.5) is 4.79 Å². The third kappa shape index (κ3) is 4.73. The summed E-state index contributed by atoms with van der Waals surface area (Å²) in [6, 6.07) is 2.04. The number of carbonyl (C=O) groups is 1. The standard InChI is InChI=1S/C16H28N4O2/c1-5-20-14(6-8-18-20)11-17-10-13-7-9-19(12-13)15(21)22-16(2,3)4/h6,8,13,17H,5,7,9-12H2,1-4H3. The fourth-order valence-corrected chi connectivity index (χ4v) is 2.69. The van der Waals surface area contributed by atoms with Crippen LogP contribution in [0.1, 0.15) is 39.8 Å². The highest BCUT2D eigenvalue weighted by atomic mass is 16.6. The number of hydrogen-bond donors (Lipinski definition) is 1. The molecule has 0 radical (unpaired) electrons. The van der Waals surface area contributed by atoms with Gasteiger partial charge in [-0.3, -0.25) is 4.68 Å². The molecule has 124 valence electrons. The molecule has 22 heavy (non-hydrogen) atoms. The summed E-state index contributed by atoms with van der Waals surface area (Å²) in [5, 5.41) is 7.73. The lowest BCUT2D eigenvalue weighted by Gasteiger charge is -2.24. The van der Waals surface area contributed by atoms with E-state index in [2.05, 4.69) is 17.3 Å². The van der Waals surface area contributed by atoms with Gasteiger partial charge < -0.3 is 15.0 Å². The smallest absolute Gasteiger partial charge is 0.410 e. The molecule has 1 aromatic rings. The van der Waals surface area contributed by atoms with Crippen molar-refractivity contribution in [2.45, 2.75) is 52.8 Å². The monoisotopic (exact) mass is 308 g/mol. The van der Waals surface area contributed by atoms with Crippen molar-refractivity contribution < 1.29 is 9.53 Å². The molecule has 1 aromatic heterocycles. The van der Waals surface area contributed by atoms with E-state index in [1.54, 1.807) is 0 Å². The normalized spacial score (nSPS) is 18.7. The number of aryl methyl sites for hydroxylation is 1. The van der Waals surface area contributed by atoms with Crippen molar-refractivity contribution in [3.05, 3.63) is 18.0 Å². The van der Waals surface area contributed by atoms with Gasteiger partial charge >= 0.3 is 6.09 Å². The van der Waals surface area contributed by atoms with Crippen LogP contribution >= 0.6 is 0 Å². The fraction of sp³-hybridized carbons (Fsp3) is 0.750. The van der Waals surface area contributed by atoms with E-state index in [9.17, 15) is 4.79 Å². The maximum absolute atomic E-state index is 12.0. The second-order valence-electron chi connectivity index (χ2n) is 6.85. The first-order valence-corrected chi connectivity index (χ1v) is 8.08. The minimum Gasteiger partial charge on any atom is -0.444 e. The highest BCUT2D eigenvalue weighted by Crippen LogP contribution is 2.19. The van der Waals surface area contributed by atoms with Crippen molar-refractivity contribution in [2.24, 2.45) is 5.92 Å². The highest BCUT2D eigenvalue weighted by molar-refractivity contribution is 5.68. The lowest BCUT2D eigenvalue weighted by molar-refractivity contribution is 0.0288. The minimum atomic E-state index is -0.425. The number of nitrogens with one attached hydrogen (secondary N) is 1. The van der Waals surface area contributed by atoms with E-state index in [4.69, 9.17) is 4.74 Å². The van der Waals surface area contributed by atoms with Gasteiger partial charge in [-0.25, -0.2) is 4.79 Å². The van der Waals surface area contributed by atoms with Crippen LogP contribution < -0.4 is 5.32 Å². The number of ether oxygens (including phenoxy) is 1. The van der Waals surface area contributed by atoms with Gasteiger partial charge in [0.25, 0.3) is 0 Å². The molecule has 6 nitrogen and oxygen atoms in total. The topological polar surface area (TPSA) is 59.4 Å². The van der Waals surface area contributed by atoms with Crippen LogP contribution in [0.3, 0.4) is 0 Å². The molecule has 0 aliphatic carbocycles.